The molecule has 3 rings (SSSR count). The predicted octanol–water partition coefficient (Wildman–Crippen LogP) is 2.01. The SMILES string of the molecule is Cc1ccnc2ccc3c(nc(N)n3C)c12. The third-order valence-corrected chi connectivity index (χ3v) is 3.00. The number of nitrogen functional groups attached to an aromatic ring is 1. The van der Waals surface area contributed by atoms with Crippen molar-refractivity contribution in [1.29, 1.82) is 0 Å². The van der Waals surface area contributed by atoms with Crippen molar-refractivity contribution < 1.29 is 0 Å². The van der Waals surface area contributed by atoms with Gasteiger partial charge in [-0.2, -0.15) is 0 Å². The lowest BCUT2D eigenvalue weighted by Crippen LogP contribution is -1.95. The highest BCUT2D eigenvalue weighted by molar-refractivity contribution is 6.05. The van der Waals surface area contributed by atoms with Gasteiger partial charge < -0.3 is 10.3 Å². The molecule has 80 valence electrons. The maximum Gasteiger partial charge on any atom is 0.200 e. The topological polar surface area (TPSA) is 56.7 Å². The fourth-order valence-corrected chi connectivity index (χ4v) is 2.08. The Morgan fingerprint density at radius 3 is 2.88 bits per heavy atom. The van der Waals surface area contributed by atoms with E-state index in [1.807, 2.05) is 36.0 Å². The monoisotopic (exact) mass is 212 g/mol. The zero-order valence-electron chi connectivity index (χ0n) is 9.23. The van der Waals surface area contributed by atoms with E-state index in [1.54, 1.807) is 0 Å². The summed E-state index contributed by atoms with van der Waals surface area (Å²) in [6.07, 6.45) is 1.82. The number of fused-ring (bicyclic) bond motifs is 3. The van der Waals surface area contributed by atoms with Crippen molar-refractivity contribution in [2.24, 2.45) is 7.05 Å². The summed E-state index contributed by atoms with van der Waals surface area (Å²) in [5, 5.41) is 1.09. The minimum atomic E-state index is 0.533. The number of nitrogens with two attached hydrogens (primary N) is 1. The smallest absolute Gasteiger partial charge is 0.200 e. The Balaban J connectivity index is 2.63. The summed E-state index contributed by atoms with van der Waals surface area (Å²) in [6, 6.07) is 6.01. The van der Waals surface area contributed by atoms with Crippen LogP contribution in [-0.4, -0.2) is 14.5 Å². The Bertz CT molecular complexity index is 697. The first-order chi connectivity index (χ1) is 7.68. The summed E-state index contributed by atoms with van der Waals surface area (Å²) in [5.41, 5.74) is 9.94. The molecule has 0 aliphatic heterocycles. The van der Waals surface area contributed by atoms with Crippen LogP contribution in [0.5, 0.6) is 0 Å². The Morgan fingerprint density at radius 2 is 2.06 bits per heavy atom. The molecule has 0 amide bonds. The molecule has 16 heavy (non-hydrogen) atoms. The molecular weight excluding hydrogens is 200 g/mol. The van der Waals surface area contributed by atoms with Crippen LogP contribution < -0.4 is 5.73 Å². The summed E-state index contributed by atoms with van der Waals surface area (Å²) in [6.45, 7) is 2.06. The highest BCUT2D eigenvalue weighted by atomic mass is 15.1. The molecule has 4 nitrogen and oxygen atoms in total. The fraction of sp³-hybridized carbons (Fsp3) is 0.167. The van der Waals surface area contributed by atoms with Gasteiger partial charge in [0.15, 0.2) is 0 Å². The molecule has 0 unspecified atom stereocenters. The van der Waals surface area contributed by atoms with Crippen molar-refractivity contribution in [2.45, 2.75) is 6.92 Å². The molecule has 1 aromatic carbocycles. The van der Waals surface area contributed by atoms with Gasteiger partial charge in [0, 0.05) is 18.6 Å². The quantitative estimate of drug-likeness (QED) is 0.620. The van der Waals surface area contributed by atoms with E-state index in [-0.39, 0.29) is 0 Å². The summed E-state index contributed by atoms with van der Waals surface area (Å²) >= 11 is 0. The second kappa shape index (κ2) is 2.95. The minimum Gasteiger partial charge on any atom is -0.369 e. The van der Waals surface area contributed by atoms with E-state index >= 15 is 0 Å². The lowest BCUT2D eigenvalue weighted by molar-refractivity contribution is 0.965. The number of nitrogens with zero attached hydrogens (tertiary/aromatic N) is 3. The van der Waals surface area contributed by atoms with Crippen molar-refractivity contribution in [3.8, 4) is 0 Å². The number of aryl methyl sites for hydroxylation is 2. The van der Waals surface area contributed by atoms with Gasteiger partial charge in [0.25, 0.3) is 0 Å². The van der Waals surface area contributed by atoms with Crippen molar-refractivity contribution in [2.75, 3.05) is 5.73 Å². The molecule has 0 saturated heterocycles. The maximum absolute atomic E-state index is 5.83. The van der Waals surface area contributed by atoms with Crippen LogP contribution in [0.1, 0.15) is 5.56 Å². The van der Waals surface area contributed by atoms with Crippen molar-refractivity contribution in [3.05, 3.63) is 30.0 Å². The van der Waals surface area contributed by atoms with Crippen LogP contribution in [0.4, 0.5) is 5.95 Å². The zero-order chi connectivity index (χ0) is 11.3. The Hall–Kier alpha value is -2.10. The molecule has 0 radical (unpaired) electrons. The third-order valence-electron chi connectivity index (χ3n) is 3.00. The highest BCUT2D eigenvalue weighted by Gasteiger charge is 2.10. The molecule has 0 fully saturated rings. The van der Waals surface area contributed by atoms with Gasteiger partial charge in [-0.25, -0.2) is 4.98 Å². The van der Waals surface area contributed by atoms with Gasteiger partial charge >= 0.3 is 0 Å². The second-order valence-electron chi connectivity index (χ2n) is 3.98. The van der Waals surface area contributed by atoms with Gasteiger partial charge in [0.1, 0.15) is 5.52 Å². The number of pyridine rings is 1. The molecule has 3 aromatic rings. The second-order valence-corrected chi connectivity index (χ2v) is 3.98. The molecule has 0 aliphatic rings. The van der Waals surface area contributed by atoms with Crippen LogP contribution in [0.3, 0.4) is 0 Å². The molecule has 0 bridgehead atoms. The normalized spacial score (nSPS) is 11.4. The highest BCUT2D eigenvalue weighted by Crippen LogP contribution is 2.26. The summed E-state index contributed by atoms with van der Waals surface area (Å²) in [5.74, 6) is 0.533. The van der Waals surface area contributed by atoms with Crippen LogP contribution in [0, 0.1) is 6.92 Å². The third kappa shape index (κ3) is 1.04. The molecule has 2 heterocycles. The number of hydrogen-bond donors (Lipinski definition) is 1. The van der Waals surface area contributed by atoms with Crippen LogP contribution >= 0.6 is 0 Å². The van der Waals surface area contributed by atoms with E-state index in [2.05, 4.69) is 16.9 Å². The fourth-order valence-electron chi connectivity index (χ4n) is 2.08. The maximum atomic E-state index is 5.83. The largest absolute Gasteiger partial charge is 0.369 e. The lowest BCUT2D eigenvalue weighted by atomic mass is 10.1. The van der Waals surface area contributed by atoms with Crippen LogP contribution in [0.25, 0.3) is 21.9 Å². The average molecular weight is 212 g/mol. The van der Waals surface area contributed by atoms with Crippen molar-refractivity contribution in [3.63, 3.8) is 0 Å². The van der Waals surface area contributed by atoms with E-state index in [9.17, 15) is 0 Å². The van der Waals surface area contributed by atoms with Crippen molar-refractivity contribution >= 4 is 27.9 Å². The standard InChI is InChI=1S/C12H12N4/c1-7-5-6-14-8-3-4-9-11(10(7)8)15-12(13)16(9)2/h3-6H,1-2H3,(H2,13,15). The summed E-state index contributed by atoms with van der Waals surface area (Å²) in [7, 11) is 1.92. The van der Waals surface area contributed by atoms with Gasteiger partial charge in [-0.05, 0) is 30.7 Å². The van der Waals surface area contributed by atoms with Crippen molar-refractivity contribution in [1.82, 2.24) is 14.5 Å². The van der Waals surface area contributed by atoms with Gasteiger partial charge in [-0.15, -0.1) is 0 Å². The number of hydrogen-bond acceptors (Lipinski definition) is 3. The lowest BCUT2D eigenvalue weighted by Gasteiger charge is -2.02. The Labute approximate surface area is 92.7 Å². The number of rotatable bonds is 0. The van der Waals surface area contributed by atoms with Crippen LogP contribution in [0.2, 0.25) is 0 Å². The Kier molecular flexibility index (Phi) is 1.68. The Morgan fingerprint density at radius 1 is 1.25 bits per heavy atom. The average Bonchev–Trinajstić information content (AvgIpc) is 2.55. The first kappa shape index (κ1) is 9.15. The molecule has 0 aliphatic carbocycles. The van der Waals surface area contributed by atoms with E-state index in [0.717, 1.165) is 21.9 Å². The molecule has 2 N–H and O–H groups in total. The van der Waals surface area contributed by atoms with E-state index in [4.69, 9.17) is 5.73 Å². The molecule has 0 spiro atoms. The molecule has 2 aromatic heterocycles. The van der Waals surface area contributed by atoms with E-state index in [1.165, 1.54) is 5.56 Å². The van der Waals surface area contributed by atoms with Crippen LogP contribution in [-0.2, 0) is 7.05 Å². The summed E-state index contributed by atoms with van der Waals surface area (Å²) in [4.78, 5) is 8.74. The van der Waals surface area contributed by atoms with Gasteiger partial charge in [-0.3, -0.25) is 4.98 Å². The molecular formula is C12H12N4. The number of aromatic nitrogens is 3. The molecule has 4 heteroatoms. The number of anilines is 1. The van der Waals surface area contributed by atoms with E-state index in [0.29, 0.717) is 5.95 Å². The first-order valence-corrected chi connectivity index (χ1v) is 5.14. The van der Waals surface area contributed by atoms with Gasteiger partial charge in [0.05, 0.1) is 11.0 Å². The zero-order valence-corrected chi connectivity index (χ0v) is 9.23. The first-order valence-electron chi connectivity index (χ1n) is 5.14. The predicted molar refractivity (Wildman–Crippen MR) is 65.2 cm³/mol. The van der Waals surface area contributed by atoms with Crippen LogP contribution in [0.15, 0.2) is 24.4 Å². The summed E-state index contributed by atoms with van der Waals surface area (Å²) < 4.78 is 1.89. The van der Waals surface area contributed by atoms with Gasteiger partial charge in [0.2, 0.25) is 5.95 Å². The van der Waals surface area contributed by atoms with E-state index < -0.39 is 0 Å². The number of imidazole rings is 1. The minimum absolute atomic E-state index is 0.533. The van der Waals surface area contributed by atoms with Gasteiger partial charge in [-0.1, -0.05) is 0 Å². The molecule has 0 atom stereocenters. The molecule has 0 saturated carbocycles. The number of benzene rings is 1.